The molecule has 0 saturated carbocycles. The second-order valence-corrected chi connectivity index (χ2v) is 4.65. The summed E-state index contributed by atoms with van der Waals surface area (Å²) in [6.45, 7) is 1.63. The molecule has 3 rings (SSSR count). The van der Waals surface area contributed by atoms with Gasteiger partial charge in [-0.05, 0) is 12.1 Å². The second kappa shape index (κ2) is 5.34. The third-order valence-electron chi connectivity index (χ3n) is 3.24. The molecule has 1 aromatic carbocycles. The molecule has 0 atom stereocenters. The first-order valence-electron chi connectivity index (χ1n) is 6.53. The summed E-state index contributed by atoms with van der Waals surface area (Å²) < 4.78 is 6.91. The highest BCUT2D eigenvalue weighted by Gasteiger charge is 2.20. The molecule has 0 aliphatic carbocycles. The molecule has 0 unspecified atom stereocenters. The van der Waals surface area contributed by atoms with Crippen molar-refractivity contribution in [3.05, 3.63) is 41.6 Å². The molecule has 0 spiro atoms. The Morgan fingerprint density at radius 3 is 3.00 bits per heavy atom. The first-order chi connectivity index (χ1) is 9.74. The van der Waals surface area contributed by atoms with Crippen molar-refractivity contribution in [1.29, 1.82) is 0 Å². The number of aromatic nitrogens is 2. The minimum Gasteiger partial charge on any atom is -0.410 e. The maximum atomic E-state index is 11.9. The average molecular weight is 272 g/mol. The van der Waals surface area contributed by atoms with Crippen LogP contribution in [0.5, 0.6) is 5.75 Å². The smallest absolute Gasteiger partial charge is 0.410 e. The zero-order valence-corrected chi connectivity index (χ0v) is 11.2. The molecular formula is C14H16N4O2. The van der Waals surface area contributed by atoms with Crippen LogP contribution in [0.1, 0.15) is 11.3 Å². The van der Waals surface area contributed by atoms with Gasteiger partial charge in [0.15, 0.2) is 0 Å². The Kier molecular flexibility index (Phi) is 3.39. The van der Waals surface area contributed by atoms with E-state index >= 15 is 0 Å². The van der Waals surface area contributed by atoms with E-state index in [0.29, 0.717) is 18.1 Å². The van der Waals surface area contributed by atoms with Gasteiger partial charge >= 0.3 is 6.09 Å². The minimum atomic E-state index is -0.507. The Balaban J connectivity index is 1.75. The Bertz CT molecular complexity index is 622. The van der Waals surface area contributed by atoms with Gasteiger partial charge in [0.25, 0.3) is 0 Å². The van der Waals surface area contributed by atoms with Crippen LogP contribution in [0.25, 0.3) is 0 Å². The summed E-state index contributed by atoms with van der Waals surface area (Å²) in [6, 6.07) is 8.98. The largest absolute Gasteiger partial charge is 0.418 e. The van der Waals surface area contributed by atoms with Crippen molar-refractivity contribution in [2.24, 2.45) is 7.05 Å². The van der Waals surface area contributed by atoms with E-state index in [0.717, 1.165) is 24.2 Å². The van der Waals surface area contributed by atoms with Crippen molar-refractivity contribution in [2.75, 3.05) is 11.9 Å². The molecule has 0 bridgehead atoms. The monoisotopic (exact) mass is 272 g/mol. The van der Waals surface area contributed by atoms with Gasteiger partial charge in [0.1, 0.15) is 11.6 Å². The highest BCUT2D eigenvalue weighted by Crippen LogP contribution is 2.22. The number of hydrogen-bond acceptors (Lipinski definition) is 4. The van der Waals surface area contributed by atoms with E-state index in [2.05, 4.69) is 15.7 Å². The number of amides is 1. The van der Waals surface area contributed by atoms with E-state index in [1.165, 1.54) is 0 Å². The molecular weight excluding hydrogens is 256 g/mol. The number of nitrogens with one attached hydrogen (secondary N) is 2. The van der Waals surface area contributed by atoms with E-state index in [-0.39, 0.29) is 0 Å². The van der Waals surface area contributed by atoms with Crippen LogP contribution >= 0.6 is 0 Å². The van der Waals surface area contributed by atoms with Crippen molar-refractivity contribution in [3.63, 3.8) is 0 Å². The highest BCUT2D eigenvalue weighted by molar-refractivity contribution is 5.86. The van der Waals surface area contributed by atoms with E-state index in [1.807, 2.05) is 25.2 Å². The van der Waals surface area contributed by atoms with Gasteiger partial charge in [-0.1, -0.05) is 18.2 Å². The number of hydrogen-bond donors (Lipinski definition) is 2. The van der Waals surface area contributed by atoms with Crippen molar-refractivity contribution in [1.82, 2.24) is 15.1 Å². The predicted molar refractivity (Wildman–Crippen MR) is 74.7 cm³/mol. The van der Waals surface area contributed by atoms with Crippen LogP contribution in [0.3, 0.4) is 0 Å². The second-order valence-electron chi connectivity index (χ2n) is 4.65. The van der Waals surface area contributed by atoms with Crippen LogP contribution in [0.2, 0.25) is 0 Å². The van der Waals surface area contributed by atoms with E-state index in [1.54, 1.807) is 16.8 Å². The summed E-state index contributed by atoms with van der Waals surface area (Å²) in [4.78, 5) is 11.9. The van der Waals surface area contributed by atoms with Gasteiger partial charge in [0.2, 0.25) is 0 Å². The Hall–Kier alpha value is -2.34. The molecule has 0 fully saturated rings. The zero-order valence-electron chi connectivity index (χ0n) is 11.2. The van der Waals surface area contributed by atoms with Crippen LogP contribution in [-0.2, 0) is 20.0 Å². The molecule has 0 radical (unpaired) electrons. The van der Waals surface area contributed by atoms with Crippen molar-refractivity contribution >= 4 is 11.9 Å². The SMILES string of the molecule is Cn1nc2c(c1NC(=O)Oc1ccccc1)CNCC2. The summed E-state index contributed by atoms with van der Waals surface area (Å²) in [7, 11) is 1.82. The van der Waals surface area contributed by atoms with Crippen molar-refractivity contribution < 1.29 is 9.53 Å². The molecule has 2 N–H and O–H groups in total. The van der Waals surface area contributed by atoms with Crippen LogP contribution in [0.15, 0.2) is 30.3 Å². The average Bonchev–Trinajstić information content (AvgIpc) is 2.76. The van der Waals surface area contributed by atoms with E-state index in [4.69, 9.17) is 4.74 Å². The standard InChI is InChI=1S/C14H16N4O2/c1-18-13(11-9-15-8-7-12(11)17-18)16-14(19)20-10-5-3-2-4-6-10/h2-6,15H,7-9H2,1H3,(H,16,19). The number of rotatable bonds is 2. The summed E-state index contributed by atoms with van der Waals surface area (Å²) in [5.41, 5.74) is 2.06. The molecule has 6 heteroatoms. The van der Waals surface area contributed by atoms with Gasteiger partial charge in [-0.15, -0.1) is 0 Å². The zero-order chi connectivity index (χ0) is 13.9. The Labute approximate surface area is 116 Å². The van der Waals surface area contributed by atoms with Crippen LogP contribution in [0, 0.1) is 0 Å². The van der Waals surface area contributed by atoms with Gasteiger partial charge in [0.05, 0.1) is 5.69 Å². The first kappa shape index (κ1) is 12.7. The molecule has 6 nitrogen and oxygen atoms in total. The molecule has 1 aromatic heterocycles. The number of aryl methyl sites for hydroxylation is 1. The molecule has 1 aliphatic rings. The summed E-state index contributed by atoms with van der Waals surface area (Å²) in [5, 5.41) is 10.5. The van der Waals surface area contributed by atoms with Crippen LogP contribution in [0.4, 0.5) is 10.6 Å². The lowest BCUT2D eigenvalue weighted by Crippen LogP contribution is -2.25. The topological polar surface area (TPSA) is 68.2 Å². The predicted octanol–water partition coefficient (Wildman–Crippen LogP) is 1.68. The Morgan fingerprint density at radius 1 is 1.40 bits per heavy atom. The first-order valence-corrected chi connectivity index (χ1v) is 6.53. The maximum Gasteiger partial charge on any atom is 0.418 e. The maximum absolute atomic E-state index is 11.9. The lowest BCUT2D eigenvalue weighted by atomic mass is 10.1. The van der Waals surface area contributed by atoms with Gasteiger partial charge in [-0.3, -0.25) is 10.00 Å². The Morgan fingerprint density at radius 2 is 2.20 bits per heavy atom. The number of carbonyl (C=O) groups excluding carboxylic acids is 1. The molecule has 1 aliphatic heterocycles. The summed E-state index contributed by atoms with van der Waals surface area (Å²) in [6.07, 6.45) is 0.367. The van der Waals surface area contributed by atoms with Crippen molar-refractivity contribution in [3.8, 4) is 5.75 Å². The van der Waals surface area contributed by atoms with Gasteiger partial charge in [-0.25, -0.2) is 4.79 Å². The number of benzene rings is 1. The lowest BCUT2D eigenvalue weighted by Gasteiger charge is -2.13. The molecule has 104 valence electrons. The van der Waals surface area contributed by atoms with Crippen LogP contribution in [-0.4, -0.2) is 22.4 Å². The third kappa shape index (κ3) is 2.50. The fourth-order valence-electron chi connectivity index (χ4n) is 2.30. The molecule has 2 aromatic rings. The number of fused-ring (bicyclic) bond motifs is 1. The van der Waals surface area contributed by atoms with E-state index < -0.39 is 6.09 Å². The van der Waals surface area contributed by atoms with Gasteiger partial charge in [-0.2, -0.15) is 5.10 Å². The minimum absolute atomic E-state index is 0.507. The molecule has 20 heavy (non-hydrogen) atoms. The normalized spacial score (nSPS) is 13.7. The summed E-state index contributed by atoms with van der Waals surface area (Å²) in [5.74, 6) is 1.20. The fraction of sp³-hybridized carbons (Fsp3) is 0.286. The quantitative estimate of drug-likeness (QED) is 0.872. The highest BCUT2D eigenvalue weighted by atomic mass is 16.6. The number of para-hydroxylation sites is 1. The third-order valence-corrected chi connectivity index (χ3v) is 3.24. The number of carbonyl (C=O) groups is 1. The number of anilines is 1. The lowest BCUT2D eigenvalue weighted by molar-refractivity contribution is 0.215. The molecule has 1 amide bonds. The number of ether oxygens (including phenoxy) is 1. The fourth-order valence-corrected chi connectivity index (χ4v) is 2.30. The number of nitrogens with zero attached hydrogens (tertiary/aromatic N) is 2. The van der Waals surface area contributed by atoms with Crippen molar-refractivity contribution in [2.45, 2.75) is 13.0 Å². The van der Waals surface area contributed by atoms with Crippen LogP contribution < -0.4 is 15.4 Å². The van der Waals surface area contributed by atoms with Gasteiger partial charge < -0.3 is 10.1 Å². The van der Waals surface area contributed by atoms with E-state index in [9.17, 15) is 4.79 Å². The summed E-state index contributed by atoms with van der Waals surface area (Å²) >= 11 is 0. The molecule has 0 saturated heterocycles. The van der Waals surface area contributed by atoms with Gasteiger partial charge in [0, 0.05) is 32.1 Å². The molecule has 2 heterocycles.